The van der Waals surface area contributed by atoms with Crippen LogP contribution in [0.1, 0.15) is 12.8 Å². The van der Waals surface area contributed by atoms with E-state index in [1.54, 1.807) is 72.1 Å². The van der Waals surface area contributed by atoms with Gasteiger partial charge in [0.25, 0.3) is 0 Å². The largest absolute Gasteiger partial charge is 0.396 e. The van der Waals surface area contributed by atoms with Crippen molar-refractivity contribution in [3.8, 4) is 0 Å². The molecule has 136 valence electrons. The van der Waals surface area contributed by atoms with Crippen LogP contribution in [0.15, 0.2) is 68.1 Å². The van der Waals surface area contributed by atoms with Crippen LogP contribution in [0.5, 0.6) is 0 Å². The lowest BCUT2D eigenvalue weighted by molar-refractivity contribution is 0.296. The Bertz CT molecular complexity index is 681. The maximum atomic E-state index is 12.7. The Morgan fingerprint density at radius 1 is 0.680 bits per heavy atom. The number of sulfone groups is 1. The van der Waals surface area contributed by atoms with E-state index >= 15 is 0 Å². The van der Waals surface area contributed by atoms with Crippen molar-refractivity contribution in [3.63, 3.8) is 0 Å². The molecule has 0 fully saturated rings. The molecule has 2 rings (SSSR count). The fourth-order valence-electron chi connectivity index (χ4n) is 2.08. The molecule has 0 spiro atoms. The van der Waals surface area contributed by atoms with Gasteiger partial charge in [-0.1, -0.05) is 0 Å². The molecule has 25 heavy (non-hydrogen) atoms. The normalized spacial score (nSPS) is 11.6. The summed E-state index contributed by atoms with van der Waals surface area (Å²) in [4.78, 5) is 2.53. The maximum absolute atomic E-state index is 12.7. The number of thioether (sulfide) groups is 2. The molecule has 7 heteroatoms. The Morgan fingerprint density at radius 3 is 1.36 bits per heavy atom. The lowest BCUT2D eigenvalue weighted by Gasteiger charge is -2.07. The van der Waals surface area contributed by atoms with E-state index in [1.165, 1.54) is 0 Å². The van der Waals surface area contributed by atoms with E-state index in [0.29, 0.717) is 12.8 Å². The Hall–Kier alpha value is -0.990. The summed E-state index contributed by atoms with van der Waals surface area (Å²) in [6.45, 7) is 0.321. The summed E-state index contributed by atoms with van der Waals surface area (Å²) in [5, 5.41) is 17.6. The molecule has 0 unspecified atom stereocenters. The third kappa shape index (κ3) is 6.04. The first-order valence-corrected chi connectivity index (χ1v) is 11.5. The number of hydrogen-bond donors (Lipinski definition) is 2. The number of rotatable bonds is 10. The molecule has 0 saturated carbocycles. The zero-order valence-corrected chi connectivity index (χ0v) is 16.2. The summed E-state index contributed by atoms with van der Waals surface area (Å²) in [6.07, 6.45) is 1.43. The van der Waals surface area contributed by atoms with Gasteiger partial charge in [-0.05, 0) is 61.4 Å². The van der Waals surface area contributed by atoms with Crippen LogP contribution in [0, 0.1) is 0 Å². The first-order valence-electron chi connectivity index (χ1n) is 8.00. The predicted octanol–water partition coefficient (Wildman–Crippen LogP) is 3.47. The Balaban J connectivity index is 2.07. The van der Waals surface area contributed by atoms with E-state index in [-0.39, 0.29) is 23.0 Å². The lowest BCUT2D eigenvalue weighted by atomic mass is 10.4. The van der Waals surface area contributed by atoms with Gasteiger partial charge < -0.3 is 10.2 Å². The van der Waals surface area contributed by atoms with Crippen LogP contribution in [-0.2, 0) is 9.84 Å². The highest BCUT2D eigenvalue weighted by atomic mass is 32.2. The molecule has 0 aliphatic heterocycles. The van der Waals surface area contributed by atoms with Crippen LogP contribution in [0.4, 0.5) is 0 Å². The SMILES string of the molecule is O=S(=O)(c1ccc(SCCCO)cc1)c1ccc(SCCCO)cc1. The highest BCUT2D eigenvalue weighted by molar-refractivity contribution is 7.99. The van der Waals surface area contributed by atoms with Crippen molar-refractivity contribution in [1.29, 1.82) is 0 Å². The molecule has 0 bridgehead atoms. The van der Waals surface area contributed by atoms with Gasteiger partial charge >= 0.3 is 0 Å². The van der Waals surface area contributed by atoms with Gasteiger partial charge in [0.05, 0.1) is 9.79 Å². The molecule has 4 nitrogen and oxygen atoms in total. The summed E-state index contributed by atoms with van der Waals surface area (Å²) < 4.78 is 25.4. The zero-order chi connectivity index (χ0) is 18.1. The number of benzene rings is 2. The lowest BCUT2D eigenvalue weighted by Crippen LogP contribution is -2.01. The molecular formula is C18H22O4S3. The first-order chi connectivity index (χ1) is 12.1. The molecule has 0 saturated heterocycles. The van der Waals surface area contributed by atoms with Gasteiger partial charge in [0, 0.05) is 34.5 Å². The van der Waals surface area contributed by atoms with Crippen molar-refractivity contribution in [2.45, 2.75) is 32.4 Å². The smallest absolute Gasteiger partial charge is 0.206 e. The second kappa shape index (κ2) is 10.2. The van der Waals surface area contributed by atoms with Crippen LogP contribution in [0.25, 0.3) is 0 Å². The Morgan fingerprint density at radius 2 is 1.04 bits per heavy atom. The van der Waals surface area contributed by atoms with Crippen LogP contribution in [0.2, 0.25) is 0 Å². The highest BCUT2D eigenvalue weighted by Gasteiger charge is 2.17. The maximum Gasteiger partial charge on any atom is 0.206 e. The van der Waals surface area contributed by atoms with Gasteiger partial charge in [-0.3, -0.25) is 0 Å². The molecule has 0 aromatic heterocycles. The quantitative estimate of drug-likeness (QED) is 0.472. The summed E-state index contributed by atoms with van der Waals surface area (Å²) in [7, 11) is -3.52. The molecule has 0 amide bonds. The van der Waals surface area contributed by atoms with Crippen molar-refractivity contribution in [1.82, 2.24) is 0 Å². The summed E-state index contributed by atoms with van der Waals surface area (Å²) in [6, 6.07) is 13.7. The standard InChI is InChI=1S/C18H22O4S3/c19-11-1-13-23-15-3-7-17(8-4-15)25(21,22)18-9-5-16(6-10-18)24-14-2-12-20/h3-10,19-20H,1-2,11-14H2. The van der Waals surface area contributed by atoms with E-state index in [1.807, 2.05) is 0 Å². The van der Waals surface area contributed by atoms with E-state index in [0.717, 1.165) is 21.3 Å². The Kier molecular flexibility index (Phi) is 8.32. The fraction of sp³-hybridized carbons (Fsp3) is 0.333. The van der Waals surface area contributed by atoms with Gasteiger partial charge in [-0.25, -0.2) is 8.42 Å². The minimum Gasteiger partial charge on any atom is -0.396 e. The van der Waals surface area contributed by atoms with Crippen LogP contribution in [0.3, 0.4) is 0 Å². The summed E-state index contributed by atoms with van der Waals surface area (Å²) in [5.41, 5.74) is 0. The molecule has 0 radical (unpaired) electrons. The molecule has 0 heterocycles. The van der Waals surface area contributed by atoms with Crippen LogP contribution < -0.4 is 0 Å². The molecule has 2 aromatic rings. The third-order valence-electron chi connectivity index (χ3n) is 3.41. The van der Waals surface area contributed by atoms with Gasteiger partial charge in [0.1, 0.15) is 0 Å². The number of hydrogen-bond acceptors (Lipinski definition) is 6. The van der Waals surface area contributed by atoms with Crippen molar-refractivity contribution in [3.05, 3.63) is 48.5 Å². The van der Waals surface area contributed by atoms with Crippen molar-refractivity contribution in [2.24, 2.45) is 0 Å². The predicted molar refractivity (Wildman–Crippen MR) is 103 cm³/mol. The van der Waals surface area contributed by atoms with Crippen LogP contribution >= 0.6 is 23.5 Å². The summed E-state index contributed by atoms with van der Waals surface area (Å²) >= 11 is 3.19. The van der Waals surface area contributed by atoms with Crippen molar-refractivity contribution >= 4 is 33.4 Å². The van der Waals surface area contributed by atoms with E-state index < -0.39 is 9.84 Å². The van der Waals surface area contributed by atoms with Gasteiger partial charge in [0.15, 0.2) is 0 Å². The average Bonchev–Trinajstić information content (AvgIpc) is 2.63. The Labute approximate surface area is 157 Å². The molecule has 0 atom stereocenters. The monoisotopic (exact) mass is 398 g/mol. The van der Waals surface area contributed by atoms with E-state index in [4.69, 9.17) is 10.2 Å². The summed E-state index contributed by atoms with van der Waals surface area (Å²) in [5.74, 6) is 1.61. The molecule has 2 aromatic carbocycles. The van der Waals surface area contributed by atoms with E-state index in [9.17, 15) is 8.42 Å². The van der Waals surface area contributed by atoms with Crippen LogP contribution in [-0.4, -0.2) is 43.4 Å². The number of aliphatic hydroxyl groups is 2. The molecular weight excluding hydrogens is 376 g/mol. The van der Waals surface area contributed by atoms with Gasteiger partial charge in [-0.2, -0.15) is 0 Å². The first kappa shape index (κ1) is 20.3. The highest BCUT2D eigenvalue weighted by Crippen LogP contribution is 2.27. The van der Waals surface area contributed by atoms with E-state index in [2.05, 4.69) is 0 Å². The second-order valence-electron chi connectivity index (χ2n) is 5.30. The molecule has 0 aliphatic rings. The topological polar surface area (TPSA) is 74.6 Å². The average molecular weight is 399 g/mol. The fourth-order valence-corrected chi connectivity index (χ4v) is 5.01. The van der Waals surface area contributed by atoms with Crippen molar-refractivity contribution < 1.29 is 18.6 Å². The second-order valence-corrected chi connectivity index (χ2v) is 9.58. The third-order valence-corrected chi connectivity index (χ3v) is 7.39. The minimum atomic E-state index is -3.52. The van der Waals surface area contributed by atoms with Gasteiger partial charge in [0.2, 0.25) is 9.84 Å². The molecule has 2 N–H and O–H groups in total. The van der Waals surface area contributed by atoms with Crippen molar-refractivity contribution in [2.75, 3.05) is 24.7 Å². The minimum absolute atomic E-state index is 0.160. The van der Waals surface area contributed by atoms with Gasteiger partial charge in [-0.15, -0.1) is 23.5 Å². The molecule has 0 aliphatic carbocycles. The number of aliphatic hydroxyl groups excluding tert-OH is 2. The zero-order valence-electron chi connectivity index (χ0n) is 13.8.